The Morgan fingerprint density at radius 1 is 1.11 bits per heavy atom. The van der Waals surface area contributed by atoms with Crippen molar-refractivity contribution in [3.63, 3.8) is 0 Å². The van der Waals surface area contributed by atoms with Gasteiger partial charge in [0.15, 0.2) is 0 Å². The highest BCUT2D eigenvalue weighted by Gasteiger charge is 2.12. The fourth-order valence-corrected chi connectivity index (χ4v) is 2.20. The van der Waals surface area contributed by atoms with Gasteiger partial charge in [-0.25, -0.2) is 5.43 Å². The first-order valence-electron chi connectivity index (χ1n) is 8.39. The maximum atomic E-state index is 11.8. The van der Waals surface area contributed by atoms with Gasteiger partial charge in [-0.1, -0.05) is 29.8 Å². The van der Waals surface area contributed by atoms with Gasteiger partial charge in [-0.3, -0.25) is 9.59 Å². The van der Waals surface area contributed by atoms with Gasteiger partial charge in [0, 0.05) is 25.0 Å². The van der Waals surface area contributed by atoms with Crippen LogP contribution in [0.5, 0.6) is 0 Å². The van der Waals surface area contributed by atoms with E-state index in [1.165, 1.54) is 6.21 Å². The van der Waals surface area contributed by atoms with Crippen molar-refractivity contribution in [2.24, 2.45) is 5.10 Å². The third-order valence-electron chi connectivity index (χ3n) is 3.79. The van der Waals surface area contributed by atoms with Crippen LogP contribution in [0.1, 0.15) is 17.5 Å². The van der Waals surface area contributed by atoms with Crippen molar-refractivity contribution in [3.05, 3.63) is 59.7 Å². The smallest absolute Gasteiger partial charge is 0.329 e. The number of hydrogen-bond donors (Lipinski definition) is 2. The maximum absolute atomic E-state index is 11.8. The fourth-order valence-electron chi connectivity index (χ4n) is 2.20. The SMILES string of the molecule is Cc1ccc(NC(=O)C(=O)N/N=C\c2ccc(N(C)CCC#N)cc2)cc1. The first kappa shape index (κ1) is 19.7. The molecule has 0 aliphatic carbocycles. The maximum Gasteiger partial charge on any atom is 0.329 e. The topological polar surface area (TPSA) is 97.6 Å². The number of rotatable bonds is 6. The molecule has 0 bridgehead atoms. The number of carbonyl (C=O) groups excluding carboxylic acids is 2. The van der Waals surface area contributed by atoms with Crippen molar-refractivity contribution in [2.75, 3.05) is 23.8 Å². The Labute approximate surface area is 158 Å². The molecule has 7 nitrogen and oxygen atoms in total. The summed E-state index contributed by atoms with van der Waals surface area (Å²) in [6.07, 6.45) is 1.91. The predicted molar refractivity (Wildman–Crippen MR) is 105 cm³/mol. The standard InChI is InChI=1S/C20H21N5O2/c1-15-4-8-17(9-5-15)23-19(26)20(27)24-22-14-16-6-10-18(11-7-16)25(2)13-3-12-21/h4-11,14H,3,13H2,1-2H3,(H,23,26)(H,24,27)/b22-14-. The van der Waals surface area contributed by atoms with Crippen LogP contribution < -0.4 is 15.6 Å². The molecule has 27 heavy (non-hydrogen) atoms. The monoisotopic (exact) mass is 363 g/mol. The van der Waals surface area contributed by atoms with Gasteiger partial charge < -0.3 is 10.2 Å². The second kappa shape index (κ2) is 9.73. The number of nitrogens with one attached hydrogen (secondary N) is 2. The van der Waals surface area contributed by atoms with Gasteiger partial charge in [-0.15, -0.1) is 0 Å². The molecule has 0 fully saturated rings. The van der Waals surface area contributed by atoms with Crippen molar-refractivity contribution in [2.45, 2.75) is 13.3 Å². The summed E-state index contributed by atoms with van der Waals surface area (Å²) in [7, 11) is 1.91. The van der Waals surface area contributed by atoms with E-state index in [4.69, 9.17) is 5.26 Å². The number of hydrazone groups is 1. The molecule has 2 rings (SSSR count). The molecule has 2 aromatic carbocycles. The highest BCUT2D eigenvalue weighted by Crippen LogP contribution is 2.13. The minimum atomic E-state index is -0.848. The van der Waals surface area contributed by atoms with Crippen molar-refractivity contribution < 1.29 is 9.59 Å². The molecule has 2 N–H and O–H groups in total. The van der Waals surface area contributed by atoms with E-state index in [0.29, 0.717) is 18.7 Å². The molecule has 0 aromatic heterocycles. The number of anilines is 2. The number of carbonyl (C=O) groups is 2. The van der Waals surface area contributed by atoms with E-state index in [0.717, 1.165) is 16.8 Å². The van der Waals surface area contributed by atoms with Crippen molar-refractivity contribution in [3.8, 4) is 6.07 Å². The highest BCUT2D eigenvalue weighted by atomic mass is 16.2. The average Bonchev–Trinajstić information content (AvgIpc) is 2.68. The number of nitrogens with zero attached hydrogens (tertiary/aromatic N) is 3. The summed E-state index contributed by atoms with van der Waals surface area (Å²) in [6.45, 7) is 2.58. The highest BCUT2D eigenvalue weighted by molar-refractivity contribution is 6.39. The number of aryl methyl sites for hydroxylation is 1. The molecular formula is C20H21N5O2. The predicted octanol–water partition coefficient (Wildman–Crippen LogP) is 2.43. The van der Waals surface area contributed by atoms with E-state index >= 15 is 0 Å². The molecule has 0 saturated carbocycles. The molecule has 7 heteroatoms. The average molecular weight is 363 g/mol. The van der Waals surface area contributed by atoms with Gasteiger partial charge in [0.25, 0.3) is 0 Å². The largest absolute Gasteiger partial charge is 0.374 e. The van der Waals surface area contributed by atoms with E-state index in [9.17, 15) is 9.59 Å². The molecule has 0 unspecified atom stereocenters. The van der Waals surface area contributed by atoms with E-state index in [1.54, 1.807) is 12.1 Å². The summed E-state index contributed by atoms with van der Waals surface area (Å²) in [5.41, 5.74) is 5.55. The summed E-state index contributed by atoms with van der Waals surface area (Å²) in [5, 5.41) is 14.9. The minimum Gasteiger partial charge on any atom is -0.374 e. The molecular weight excluding hydrogens is 342 g/mol. The number of amides is 2. The van der Waals surface area contributed by atoms with Crippen LogP contribution in [0.4, 0.5) is 11.4 Å². The van der Waals surface area contributed by atoms with Crippen LogP contribution in [-0.4, -0.2) is 31.6 Å². The number of hydrogen-bond acceptors (Lipinski definition) is 5. The van der Waals surface area contributed by atoms with Gasteiger partial charge in [0.05, 0.1) is 18.7 Å². The van der Waals surface area contributed by atoms with Crippen LogP contribution >= 0.6 is 0 Å². The summed E-state index contributed by atoms with van der Waals surface area (Å²) in [6, 6.07) is 16.7. The Morgan fingerprint density at radius 3 is 2.41 bits per heavy atom. The van der Waals surface area contributed by atoms with Gasteiger partial charge in [-0.05, 0) is 36.8 Å². The molecule has 0 aliphatic rings. The van der Waals surface area contributed by atoms with Crippen molar-refractivity contribution in [1.29, 1.82) is 5.26 Å². The van der Waals surface area contributed by atoms with E-state index in [1.807, 2.05) is 55.3 Å². The van der Waals surface area contributed by atoms with E-state index in [-0.39, 0.29) is 0 Å². The molecule has 0 spiro atoms. The molecule has 0 saturated heterocycles. The quantitative estimate of drug-likeness (QED) is 0.468. The third-order valence-corrected chi connectivity index (χ3v) is 3.79. The zero-order valence-corrected chi connectivity index (χ0v) is 15.3. The van der Waals surface area contributed by atoms with Gasteiger partial charge in [0.1, 0.15) is 0 Å². The molecule has 0 aliphatic heterocycles. The van der Waals surface area contributed by atoms with Crippen molar-refractivity contribution in [1.82, 2.24) is 5.43 Å². The van der Waals surface area contributed by atoms with Crippen LogP contribution in [0.3, 0.4) is 0 Å². The van der Waals surface area contributed by atoms with Crippen molar-refractivity contribution >= 4 is 29.4 Å². The minimum absolute atomic E-state index is 0.455. The number of nitriles is 1. The van der Waals surface area contributed by atoms with Gasteiger partial charge in [0.2, 0.25) is 0 Å². The summed E-state index contributed by atoms with van der Waals surface area (Å²) >= 11 is 0. The third kappa shape index (κ3) is 6.29. The van der Waals surface area contributed by atoms with Crippen LogP contribution in [-0.2, 0) is 9.59 Å². The summed E-state index contributed by atoms with van der Waals surface area (Å²) < 4.78 is 0. The Hall–Kier alpha value is -3.66. The van der Waals surface area contributed by atoms with Gasteiger partial charge in [-0.2, -0.15) is 10.4 Å². The first-order valence-corrected chi connectivity index (χ1v) is 8.39. The Kier molecular flexibility index (Phi) is 7.08. The lowest BCUT2D eigenvalue weighted by atomic mass is 10.2. The first-order chi connectivity index (χ1) is 13.0. The van der Waals surface area contributed by atoms with Crippen LogP contribution in [0.2, 0.25) is 0 Å². The summed E-state index contributed by atoms with van der Waals surface area (Å²) in [5.74, 6) is -1.63. The Bertz CT molecular complexity index is 851. The molecule has 138 valence electrons. The molecule has 0 atom stereocenters. The zero-order chi connectivity index (χ0) is 19.6. The lowest BCUT2D eigenvalue weighted by Gasteiger charge is -2.17. The Balaban J connectivity index is 1.85. The second-order valence-electron chi connectivity index (χ2n) is 5.94. The second-order valence-corrected chi connectivity index (χ2v) is 5.94. The zero-order valence-electron chi connectivity index (χ0n) is 15.3. The fraction of sp³-hybridized carbons (Fsp3) is 0.200. The van der Waals surface area contributed by atoms with E-state index < -0.39 is 11.8 Å². The Morgan fingerprint density at radius 2 is 1.78 bits per heavy atom. The molecule has 0 heterocycles. The summed E-state index contributed by atoms with van der Waals surface area (Å²) in [4.78, 5) is 25.6. The molecule has 2 amide bonds. The lowest BCUT2D eigenvalue weighted by Crippen LogP contribution is -2.32. The molecule has 0 radical (unpaired) electrons. The lowest BCUT2D eigenvalue weighted by molar-refractivity contribution is -0.136. The normalized spacial score (nSPS) is 10.3. The molecule has 2 aromatic rings. The number of benzene rings is 2. The van der Waals surface area contributed by atoms with Gasteiger partial charge >= 0.3 is 11.8 Å². The van der Waals surface area contributed by atoms with Crippen LogP contribution in [0.25, 0.3) is 0 Å². The van der Waals surface area contributed by atoms with Crippen LogP contribution in [0, 0.1) is 18.3 Å². The van der Waals surface area contributed by atoms with Crippen LogP contribution in [0.15, 0.2) is 53.6 Å². The van der Waals surface area contributed by atoms with E-state index in [2.05, 4.69) is 21.9 Å².